The van der Waals surface area contributed by atoms with E-state index in [2.05, 4.69) is 0 Å². The Labute approximate surface area is 54.6 Å². The first-order chi connectivity index (χ1) is 4.11. The van der Waals surface area contributed by atoms with Crippen molar-refractivity contribution in [1.82, 2.24) is 0 Å². The summed E-state index contributed by atoms with van der Waals surface area (Å²) in [6.45, 7) is 4.52. The Morgan fingerprint density at radius 3 is 2.00 bits per heavy atom. The number of ether oxygens (including phenoxy) is 2. The van der Waals surface area contributed by atoms with Crippen molar-refractivity contribution in [2.24, 2.45) is 0 Å². The third-order valence-electron chi connectivity index (χ3n) is 1.20. The predicted molar refractivity (Wildman–Crippen MR) is 32.0 cm³/mol. The third-order valence-corrected chi connectivity index (χ3v) is 1.20. The summed E-state index contributed by atoms with van der Waals surface area (Å²) in [6.07, 6.45) is -0.433. The van der Waals surface area contributed by atoms with Gasteiger partial charge in [0.05, 0.1) is 13.2 Å². The Hall–Kier alpha value is -0.120. The van der Waals surface area contributed by atoms with Gasteiger partial charge in [-0.2, -0.15) is 0 Å². The Morgan fingerprint density at radius 1 is 1.33 bits per heavy atom. The number of hydrogen-bond acceptors (Lipinski definition) is 3. The van der Waals surface area contributed by atoms with E-state index in [4.69, 9.17) is 9.47 Å². The van der Waals surface area contributed by atoms with Crippen LogP contribution in [0.2, 0.25) is 0 Å². The normalized spacial score (nSPS) is 23.0. The molecule has 0 unspecified atom stereocenters. The maximum absolute atomic E-state index is 9.27. The lowest BCUT2D eigenvalue weighted by atomic mass is 10.1. The summed E-state index contributed by atoms with van der Waals surface area (Å²) < 4.78 is 10.1. The fourth-order valence-electron chi connectivity index (χ4n) is 0.766. The van der Waals surface area contributed by atoms with E-state index in [1.165, 1.54) is 0 Å². The highest BCUT2D eigenvalue weighted by molar-refractivity contribution is 4.72. The van der Waals surface area contributed by atoms with Gasteiger partial charge < -0.3 is 14.6 Å². The molecule has 0 atom stereocenters. The average Bonchev–Trinajstić information content (AvgIpc) is 2.08. The fraction of sp³-hybridized carbons (Fsp3) is 1.00. The van der Waals surface area contributed by atoms with Crippen molar-refractivity contribution < 1.29 is 14.6 Å². The van der Waals surface area contributed by atoms with Crippen LogP contribution in [0.4, 0.5) is 0 Å². The first kappa shape index (κ1) is 6.99. The van der Waals surface area contributed by atoms with Crippen molar-refractivity contribution in [3.05, 3.63) is 0 Å². The minimum Gasteiger partial charge on any atom is -0.385 e. The summed E-state index contributed by atoms with van der Waals surface area (Å²) in [5.74, 6) is 0. The van der Waals surface area contributed by atoms with E-state index >= 15 is 0 Å². The molecule has 0 amide bonds. The molecule has 0 bridgehead atoms. The zero-order chi connectivity index (χ0) is 6.91. The molecule has 0 aromatic heterocycles. The molecule has 3 heteroatoms. The predicted octanol–water partition coefficient (Wildman–Crippen LogP) is 0.130. The van der Waals surface area contributed by atoms with E-state index in [0.29, 0.717) is 13.2 Å². The molecule has 1 saturated heterocycles. The minimum atomic E-state index is -0.865. The summed E-state index contributed by atoms with van der Waals surface area (Å²) in [6, 6.07) is 0. The van der Waals surface area contributed by atoms with Gasteiger partial charge in [-0.3, -0.25) is 0 Å². The summed E-state index contributed by atoms with van der Waals surface area (Å²) in [7, 11) is 0. The molecule has 1 aliphatic rings. The first-order valence-electron chi connectivity index (χ1n) is 3.06. The van der Waals surface area contributed by atoms with Crippen LogP contribution < -0.4 is 0 Å². The topological polar surface area (TPSA) is 38.7 Å². The van der Waals surface area contributed by atoms with Gasteiger partial charge in [0.25, 0.3) is 0 Å². The van der Waals surface area contributed by atoms with Gasteiger partial charge in [-0.25, -0.2) is 0 Å². The zero-order valence-corrected chi connectivity index (χ0v) is 5.76. The van der Waals surface area contributed by atoms with Gasteiger partial charge in [-0.05, 0) is 13.8 Å². The second-order valence-corrected chi connectivity index (χ2v) is 2.73. The summed E-state index contributed by atoms with van der Waals surface area (Å²) >= 11 is 0. The second-order valence-electron chi connectivity index (χ2n) is 2.73. The standard InChI is InChI=1S/C6H12O3/c1-6(2,7)5-8-3-4-9-5/h5,7H,3-4H2,1-2H3. The van der Waals surface area contributed by atoms with Gasteiger partial charge in [-0.15, -0.1) is 0 Å². The van der Waals surface area contributed by atoms with Crippen molar-refractivity contribution >= 4 is 0 Å². The molecule has 0 aromatic carbocycles. The number of rotatable bonds is 1. The van der Waals surface area contributed by atoms with Crippen LogP contribution in [0.1, 0.15) is 13.8 Å². The Morgan fingerprint density at radius 2 is 1.78 bits per heavy atom. The van der Waals surface area contributed by atoms with Crippen LogP contribution in [0.25, 0.3) is 0 Å². The number of aliphatic hydroxyl groups is 1. The molecule has 0 radical (unpaired) electrons. The smallest absolute Gasteiger partial charge is 0.185 e. The zero-order valence-electron chi connectivity index (χ0n) is 5.76. The lowest BCUT2D eigenvalue weighted by Gasteiger charge is -2.22. The van der Waals surface area contributed by atoms with E-state index in [1.54, 1.807) is 13.8 Å². The highest BCUT2D eigenvalue weighted by atomic mass is 16.7. The summed E-state index contributed by atoms with van der Waals surface area (Å²) in [5.41, 5.74) is -0.865. The van der Waals surface area contributed by atoms with E-state index in [0.717, 1.165) is 0 Å². The third kappa shape index (κ3) is 1.64. The minimum absolute atomic E-state index is 0.433. The van der Waals surface area contributed by atoms with Crippen molar-refractivity contribution in [2.75, 3.05) is 13.2 Å². The van der Waals surface area contributed by atoms with Crippen LogP contribution in [0.5, 0.6) is 0 Å². The Kier molecular flexibility index (Phi) is 1.75. The van der Waals surface area contributed by atoms with Crippen LogP contribution in [-0.4, -0.2) is 30.2 Å². The molecule has 1 aliphatic heterocycles. The quantitative estimate of drug-likeness (QED) is 0.551. The van der Waals surface area contributed by atoms with Crippen molar-refractivity contribution in [2.45, 2.75) is 25.7 Å². The highest BCUT2D eigenvalue weighted by Gasteiger charge is 2.31. The van der Waals surface area contributed by atoms with Crippen molar-refractivity contribution in [1.29, 1.82) is 0 Å². The number of hydrogen-bond donors (Lipinski definition) is 1. The average molecular weight is 132 g/mol. The van der Waals surface area contributed by atoms with Crippen molar-refractivity contribution in [3.8, 4) is 0 Å². The molecule has 0 saturated carbocycles. The monoisotopic (exact) mass is 132 g/mol. The highest BCUT2D eigenvalue weighted by Crippen LogP contribution is 2.17. The molecule has 0 aliphatic carbocycles. The molecule has 1 heterocycles. The van der Waals surface area contributed by atoms with Crippen LogP contribution >= 0.6 is 0 Å². The van der Waals surface area contributed by atoms with Gasteiger partial charge in [-0.1, -0.05) is 0 Å². The molecule has 54 valence electrons. The van der Waals surface area contributed by atoms with Crippen LogP contribution in [-0.2, 0) is 9.47 Å². The maximum atomic E-state index is 9.27. The van der Waals surface area contributed by atoms with E-state index in [1.807, 2.05) is 0 Å². The van der Waals surface area contributed by atoms with E-state index in [9.17, 15) is 5.11 Å². The van der Waals surface area contributed by atoms with Gasteiger partial charge in [0.15, 0.2) is 6.29 Å². The fourth-order valence-corrected chi connectivity index (χ4v) is 0.766. The largest absolute Gasteiger partial charge is 0.385 e. The van der Waals surface area contributed by atoms with Crippen molar-refractivity contribution in [3.63, 3.8) is 0 Å². The van der Waals surface area contributed by atoms with Gasteiger partial charge in [0.2, 0.25) is 0 Å². The molecular formula is C6H12O3. The lowest BCUT2D eigenvalue weighted by molar-refractivity contribution is -0.163. The molecular weight excluding hydrogens is 120 g/mol. The molecule has 9 heavy (non-hydrogen) atoms. The van der Waals surface area contributed by atoms with Gasteiger partial charge in [0, 0.05) is 0 Å². The molecule has 1 rings (SSSR count). The van der Waals surface area contributed by atoms with E-state index in [-0.39, 0.29) is 0 Å². The van der Waals surface area contributed by atoms with Gasteiger partial charge in [0.1, 0.15) is 5.60 Å². The summed E-state index contributed by atoms with van der Waals surface area (Å²) in [4.78, 5) is 0. The van der Waals surface area contributed by atoms with Crippen LogP contribution in [0.3, 0.4) is 0 Å². The SMILES string of the molecule is CC(C)(O)C1OCCO1. The van der Waals surface area contributed by atoms with Gasteiger partial charge >= 0.3 is 0 Å². The molecule has 0 aromatic rings. The van der Waals surface area contributed by atoms with Crippen LogP contribution in [0.15, 0.2) is 0 Å². The first-order valence-corrected chi connectivity index (χ1v) is 3.06. The molecule has 1 fully saturated rings. The van der Waals surface area contributed by atoms with E-state index < -0.39 is 11.9 Å². The molecule has 3 nitrogen and oxygen atoms in total. The Bertz CT molecular complexity index is 89.0. The molecule has 1 N–H and O–H groups in total. The molecule has 0 spiro atoms. The summed E-state index contributed by atoms with van der Waals surface area (Å²) in [5, 5.41) is 9.27. The van der Waals surface area contributed by atoms with Crippen LogP contribution in [0, 0.1) is 0 Å². The second kappa shape index (κ2) is 2.25. The lowest BCUT2D eigenvalue weighted by Crippen LogP contribution is -2.36. The Balaban J connectivity index is 2.42. The maximum Gasteiger partial charge on any atom is 0.185 e.